The van der Waals surface area contributed by atoms with Crippen LogP contribution in [0.4, 0.5) is 0 Å². The summed E-state index contributed by atoms with van der Waals surface area (Å²) in [7, 11) is -3.24. The minimum absolute atomic E-state index is 0.0266. The van der Waals surface area contributed by atoms with E-state index >= 15 is 0 Å². The molecule has 0 saturated carbocycles. The standard InChI is InChI=1S/C19H21NO4S/c21-25(22)13-19-15(12-20-25)2-1-3-18(19)14-4-6-16(7-5-14)24-17-8-10-23-11-9-17/h1-7,17,20H,8-13H2. The SMILES string of the molecule is O=S1(=O)Cc2c(cccc2-c2ccc(OC3CCOCC3)cc2)CN1. The second-order valence-corrected chi connectivity index (χ2v) is 8.28. The van der Waals surface area contributed by atoms with Crippen LogP contribution in [0.25, 0.3) is 11.1 Å². The van der Waals surface area contributed by atoms with Crippen molar-refractivity contribution in [2.45, 2.75) is 31.2 Å². The molecule has 4 rings (SSSR count). The molecule has 1 N–H and O–H groups in total. The van der Waals surface area contributed by atoms with Gasteiger partial charge in [0.05, 0.1) is 19.0 Å². The molecular weight excluding hydrogens is 338 g/mol. The molecule has 2 aromatic carbocycles. The Balaban J connectivity index is 1.58. The first-order valence-corrected chi connectivity index (χ1v) is 10.2. The van der Waals surface area contributed by atoms with Crippen molar-refractivity contribution in [3.63, 3.8) is 0 Å². The van der Waals surface area contributed by atoms with Crippen LogP contribution in [0, 0.1) is 0 Å². The highest BCUT2D eigenvalue weighted by atomic mass is 32.2. The Kier molecular flexibility index (Phi) is 4.50. The van der Waals surface area contributed by atoms with Crippen molar-refractivity contribution < 1.29 is 17.9 Å². The summed E-state index contributed by atoms with van der Waals surface area (Å²) in [6, 6.07) is 13.8. The summed E-state index contributed by atoms with van der Waals surface area (Å²) in [4.78, 5) is 0. The van der Waals surface area contributed by atoms with E-state index in [4.69, 9.17) is 9.47 Å². The van der Waals surface area contributed by atoms with E-state index in [2.05, 4.69) is 4.72 Å². The number of nitrogens with one attached hydrogen (secondary N) is 1. The minimum Gasteiger partial charge on any atom is -0.490 e. The van der Waals surface area contributed by atoms with Gasteiger partial charge in [-0.2, -0.15) is 0 Å². The van der Waals surface area contributed by atoms with E-state index in [0.717, 1.165) is 54.1 Å². The first-order chi connectivity index (χ1) is 12.1. The third-order valence-corrected chi connectivity index (χ3v) is 5.98. The number of benzene rings is 2. The average molecular weight is 359 g/mol. The third-order valence-electron chi connectivity index (χ3n) is 4.73. The summed E-state index contributed by atoms with van der Waals surface area (Å²) < 4.78 is 37.8. The van der Waals surface area contributed by atoms with Gasteiger partial charge in [0.1, 0.15) is 11.9 Å². The molecule has 6 heteroatoms. The fourth-order valence-corrected chi connectivity index (χ4v) is 4.57. The van der Waals surface area contributed by atoms with Crippen molar-refractivity contribution in [3.8, 4) is 16.9 Å². The Morgan fingerprint density at radius 1 is 1.04 bits per heavy atom. The number of sulfonamides is 1. The van der Waals surface area contributed by atoms with Crippen molar-refractivity contribution in [2.24, 2.45) is 0 Å². The molecule has 0 atom stereocenters. The summed E-state index contributed by atoms with van der Waals surface area (Å²) in [5.41, 5.74) is 3.91. The lowest BCUT2D eigenvalue weighted by Gasteiger charge is -2.23. The monoisotopic (exact) mass is 359 g/mol. The van der Waals surface area contributed by atoms with E-state index in [1.807, 2.05) is 42.5 Å². The maximum atomic E-state index is 11.9. The van der Waals surface area contributed by atoms with E-state index in [1.54, 1.807) is 0 Å². The van der Waals surface area contributed by atoms with Crippen LogP contribution in [0.15, 0.2) is 42.5 Å². The van der Waals surface area contributed by atoms with E-state index < -0.39 is 10.0 Å². The highest BCUT2D eigenvalue weighted by Gasteiger charge is 2.23. The summed E-state index contributed by atoms with van der Waals surface area (Å²) in [6.07, 6.45) is 2.04. The molecule has 0 radical (unpaired) electrons. The van der Waals surface area contributed by atoms with Crippen LogP contribution in [-0.2, 0) is 27.1 Å². The quantitative estimate of drug-likeness (QED) is 0.915. The van der Waals surface area contributed by atoms with Gasteiger partial charge in [0.15, 0.2) is 0 Å². The van der Waals surface area contributed by atoms with Crippen LogP contribution >= 0.6 is 0 Å². The van der Waals surface area contributed by atoms with Crippen LogP contribution in [0.2, 0.25) is 0 Å². The first-order valence-electron chi connectivity index (χ1n) is 8.54. The molecule has 1 fully saturated rings. The Labute approximate surface area is 148 Å². The lowest BCUT2D eigenvalue weighted by Crippen LogP contribution is -2.30. The maximum Gasteiger partial charge on any atom is 0.216 e. The molecule has 5 nitrogen and oxygen atoms in total. The van der Waals surface area contributed by atoms with E-state index in [-0.39, 0.29) is 11.9 Å². The van der Waals surface area contributed by atoms with E-state index in [9.17, 15) is 8.42 Å². The van der Waals surface area contributed by atoms with E-state index in [1.165, 1.54) is 0 Å². The summed E-state index contributed by atoms with van der Waals surface area (Å²) in [5.74, 6) is 0.869. The zero-order valence-corrected chi connectivity index (χ0v) is 14.7. The van der Waals surface area contributed by atoms with Crippen LogP contribution < -0.4 is 9.46 Å². The molecule has 0 unspecified atom stereocenters. The lowest BCUT2D eigenvalue weighted by molar-refractivity contribution is 0.0256. The van der Waals surface area contributed by atoms with E-state index in [0.29, 0.717) is 6.54 Å². The molecule has 2 aliphatic heterocycles. The molecule has 0 spiro atoms. The molecule has 0 aliphatic carbocycles. The van der Waals surface area contributed by atoms with Gasteiger partial charge in [-0.1, -0.05) is 30.3 Å². The normalized spacial score (nSPS) is 20.0. The largest absolute Gasteiger partial charge is 0.490 e. The van der Waals surface area contributed by atoms with Gasteiger partial charge in [0.2, 0.25) is 10.0 Å². The van der Waals surface area contributed by atoms with Gasteiger partial charge in [0, 0.05) is 19.4 Å². The van der Waals surface area contributed by atoms with Crippen LogP contribution in [-0.4, -0.2) is 27.7 Å². The van der Waals surface area contributed by atoms with Crippen LogP contribution in [0.3, 0.4) is 0 Å². The van der Waals surface area contributed by atoms with Crippen molar-refractivity contribution >= 4 is 10.0 Å². The molecule has 2 aliphatic rings. The first kappa shape index (κ1) is 16.6. The Morgan fingerprint density at radius 3 is 2.56 bits per heavy atom. The zero-order valence-electron chi connectivity index (χ0n) is 13.9. The van der Waals surface area contributed by atoms with Gasteiger partial charge in [-0.05, 0) is 34.4 Å². The highest BCUT2D eigenvalue weighted by Crippen LogP contribution is 2.31. The number of fused-ring (bicyclic) bond motifs is 1. The molecule has 0 aromatic heterocycles. The summed E-state index contributed by atoms with van der Waals surface area (Å²) in [5, 5.41) is 0. The average Bonchev–Trinajstić information content (AvgIpc) is 2.62. The van der Waals surface area contributed by atoms with Gasteiger partial charge < -0.3 is 9.47 Å². The Morgan fingerprint density at radius 2 is 1.80 bits per heavy atom. The maximum absolute atomic E-state index is 11.9. The fourth-order valence-electron chi connectivity index (χ4n) is 3.37. The van der Waals surface area contributed by atoms with Crippen molar-refractivity contribution in [1.29, 1.82) is 0 Å². The number of hydrogen-bond donors (Lipinski definition) is 1. The Bertz CT molecular complexity index is 855. The van der Waals surface area contributed by atoms with Crippen LogP contribution in [0.1, 0.15) is 24.0 Å². The Hall–Kier alpha value is -1.89. The number of hydrogen-bond acceptors (Lipinski definition) is 4. The van der Waals surface area contributed by atoms with Gasteiger partial charge in [-0.15, -0.1) is 0 Å². The van der Waals surface area contributed by atoms with Gasteiger partial charge in [-0.25, -0.2) is 13.1 Å². The second kappa shape index (κ2) is 6.78. The lowest BCUT2D eigenvalue weighted by atomic mass is 9.96. The van der Waals surface area contributed by atoms with Gasteiger partial charge in [0.25, 0.3) is 0 Å². The van der Waals surface area contributed by atoms with Crippen molar-refractivity contribution in [3.05, 3.63) is 53.6 Å². The fraction of sp³-hybridized carbons (Fsp3) is 0.368. The highest BCUT2D eigenvalue weighted by molar-refractivity contribution is 7.88. The molecule has 2 heterocycles. The van der Waals surface area contributed by atoms with Gasteiger partial charge >= 0.3 is 0 Å². The predicted molar refractivity (Wildman–Crippen MR) is 95.8 cm³/mol. The van der Waals surface area contributed by atoms with Crippen LogP contribution in [0.5, 0.6) is 5.75 Å². The van der Waals surface area contributed by atoms with Gasteiger partial charge in [-0.3, -0.25) is 0 Å². The minimum atomic E-state index is -3.24. The van der Waals surface area contributed by atoms with Crippen molar-refractivity contribution in [1.82, 2.24) is 4.72 Å². The topological polar surface area (TPSA) is 64.6 Å². The molecule has 2 aromatic rings. The van der Waals surface area contributed by atoms with Crippen molar-refractivity contribution in [2.75, 3.05) is 13.2 Å². The molecule has 0 bridgehead atoms. The number of ether oxygens (including phenoxy) is 2. The second-order valence-electron chi connectivity index (χ2n) is 6.48. The zero-order chi connectivity index (χ0) is 17.3. The predicted octanol–water partition coefficient (Wildman–Crippen LogP) is 2.84. The number of rotatable bonds is 3. The molecule has 1 saturated heterocycles. The smallest absolute Gasteiger partial charge is 0.216 e. The molecular formula is C19H21NO4S. The third kappa shape index (κ3) is 3.71. The summed E-state index contributed by atoms with van der Waals surface area (Å²) in [6.45, 7) is 1.86. The molecule has 25 heavy (non-hydrogen) atoms. The summed E-state index contributed by atoms with van der Waals surface area (Å²) >= 11 is 0. The molecule has 0 amide bonds. The molecule has 132 valence electrons.